The average Bonchev–Trinajstić information content (AvgIpc) is 1.88. The molecule has 2 N–H and O–H groups in total. The summed E-state index contributed by atoms with van der Waals surface area (Å²) >= 11 is 0. The molecule has 0 spiro atoms. The molecular formula is C6H18HfN2. The van der Waals surface area contributed by atoms with E-state index in [2.05, 4.69) is 24.5 Å². The van der Waals surface area contributed by atoms with E-state index < -0.39 is 0 Å². The zero-order valence-corrected chi connectivity index (χ0v) is 10.5. The van der Waals surface area contributed by atoms with Crippen LogP contribution in [0.2, 0.25) is 0 Å². The minimum absolute atomic E-state index is 0. The fourth-order valence-electron chi connectivity index (χ4n) is 0. The maximum absolute atomic E-state index is 2.93. The van der Waals surface area contributed by atoms with Crippen LogP contribution in [-0.4, -0.2) is 27.2 Å². The molecule has 0 heterocycles. The molecule has 0 saturated carbocycles. The third-order valence-electron chi connectivity index (χ3n) is 0.707. The summed E-state index contributed by atoms with van der Waals surface area (Å²) in [5, 5.41) is 5.86. The molecule has 0 aliphatic carbocycles. The van der Waals surface area contributed by atoms with Crippen molar-refractivity contribution in [3.63, 3.8) is 0 Å². The SMILES string of the molecule is CCNC.CCNC.[Hf]. The summed E-state index contributed by atoms with van der Waals surface area (Å²) < 4.78 is 0. The van der Waals surface area contributed by atoms with Crippen molar-refractivity contribution in [3.05, 3.63) is 0 Å². The van der Waals surface area contributed by atoms with Crippen LogP contribution in [0, 0.1) is 0 Å². The van der Waals surface area contributed by atoms with Gasteiger partial charge in [-0.05, 0) is 27.2 Å². The van der Waals surface area contributed by atoms with Gasteiger partial charge >= 0.3 is 0 Å². The first-order valence-electron chi connectivity index (χ1n) is 3.12. The fourth-order valence-corrected chi connectivity index (χ4v) is 0. The standard InChI is InChI=1S/2C3H9N.Hf/c2*1-3-4-2;/h2*4H,3H2,1-2H3;. The molecule has 0 unspecified atom stereocenters. The first-order valence-corrected chi connectivity index (χ1v) is 3.12. The van der Waals surface area contributed by atoms with E-state index in [1.165, 1.54) is 0 Å². The summed E-state index contributed by atoms with van der Waals surface area (Å²) in [6.07, 6.45) is 0. The maximum Gasteiger partial charge on any atom is 0 e. The first kappa shape index (κ1) is 16.4. The summed E-state index contributed by atoms with van der Waals surface area (Å²) in [6.45, 7) is 6.28. The molecule has 0 aliphatic heterocycles. The van der Waals surface area contributed by atoms with Crippen LogP contribution in [0.15, 0.2) is 0 Å². The van der Waals surface area contributed by atoms with Gasteiger partial charge in [-0.2, -0.15) is 0 Å². The Morgan fingerprint density at radius 2 is 1.00 bits per heavy atom. The molecule has 2 nitrogen and oxygen atoms in total. The van der Waals surface area contributed by atoms with Crippen LogP contribution in [0.25, 0.3) is 0 Å². The van der Waals surface area contributed by atoms with E-state index in [0.29, 0.717) is 0 Å². The quantitative estimate of drug-likeness (QED) is 0.723. The van der Waals surface area contributed by atoms with Gasteiger partial charge in [0.15, 0.2) is 0 Å². The second kappa shape index (κ2) is 23.2. The van der Waals surface area contributed by atoms with Gasteiger partial charge in [0, 0.05) is 25.8 Å². The van der Waals surface area contributed by atoms with Crippen LogP contribution in [-0.2, 0) is 25.8 Å². The van der Waals surface area contributed by atoms with Crippen molar-refractivity contribution >= 4 is 0 Å². The van der Waals surface area contributed by atoms with Crippen molar-refractivity contribution in [1.82, 2.24) is 10.6 Å². The van der Waals surface area contributed by atoms with Gasteiger partial charge in [-0.15, -0.1) is 0 Å². The molecule has 0 saturated heterocycles. The number of nitrogens with one attached hydrogen (secondary N) is 2. The predicted molar refractivity (Wildman–Crippen MR) is 39.2 cm³/mol. The zero-order chi connectivity index (χ0) is 6.83. The van der Waals surface area contributed by atoms with E-state index in [1.54, 1.807) is 0 Å². The average molecular weight is 297 g/mol. The summed E-state index contributed by atoms with van der Waals surface area (Å²) in [7, 11) is 3.86. The van der Waals surface area contributed by atoms with Crippen LogP contribution < -0.4 is 10.6 Å². The van der Waals surface area contributed by atoms with Gasteiger partial charge in [-0.25, -0.2) is 0 Å². The van der Waals surface area contributed by atoms with Gasteiger partial charge in [0.2, 0.25) is 0 Å². The summed E-state index contributed by atoms with van der Waals surface area (Å²) in [6, 6.07) is 0. The molecule has 0 atom stereocenters. The molecular weight excluding hydrogens is 279 g/mol. The Bertz CT molecular complexity index is 19.0. The Hall–Kier alpha value is 0.790. The van der Waals surface area contributed by atoms with Crippen molar-refractivity contribution in [2.45, 2.75) is 13.8 Å². The number of rotatable bonds is 2. The van der Waals surface area contributed by atoms with Gasteiger partial charge < -0.3 is 10.6 Å². The Morgan fingerprint density at radius 1 is 0.889 bits per heavy atom. The molecule has 0 rings (SSSR count). The summed E-state index contributed by atoms with van der Waals surface area (Å²) in [4.78, 5) is 0. The Kier molecular flexibility index (Phi) is 42.4. The minimum atomic E-state index is 0. The number of hydrogen-bond acceptors (Lipinski definition) is 2. The van der Waals surface area contributed by atoms with Gasteiger partial charge in [-0.3, -0.25) is 0 Å². The van der Waals surface area contributed by atoms with Crippen LogP contribution in [0.5, 0.6) is 0 Å². The molecule has 0 amide bonds. The number of hydrogen-bond donors (Lipinski definition) is 2. The smallest absolute Gasteiger partial charge is 0 e. The summed E-state index contributed by atoms with van der Waals surface area (Å²) in [5.74, 6) is 0. The second-order valence-electron chi connectivity index (χ2n) is 1.41. The monoisotopic (exact) mass is 298 g/mol. The zero-order valence-electron chi connectivity index (χ0n) is 6.91. The van der Waals surface area contributed by atoms with E-state index in [-0.39, 0.29) is 25.8 Å². The van der Waals surface area contributed by atoms with Crippen LogP contribution in [0.4, 0.5) is 0 Å². The molecule has 0 aromatic heterocycles. The largest absolute Gasteiger partial charge is 0.320 e. The fraction of sp³-hybridized carbons (Fsp3) is 1.00. The van der Waals surface area contributed by atoms with Gasteiger partial charge in [0.1, 0.15) is 0 Å². The molecule has 0 radical (unpaired) electrons. The Labute approximate surface area is 77.6 Å². The van der Waals surface area contributed by atoms with Crippen molar-refractivity contribution in [2.24, 2.45) is 0 Å². The third-order valence-corrected chi connectivity index (χ3v) is 0.707. The molecule has 0 aromatic carbocycles. The van der Waals surface area contributed by atoms with Crippen LogP contribution >= 0.6 is 0 Å². The summed E-state index contributed by atoms with van der Waals surface area (Å²) in [5.41, 5.74) is 0. The van der Waals surface area contributed by atoms with E-state index in [1.807, 2.05) is 14.1 Å². The van der Waals surface area contributed by atoms with Crippen molar-refractivity contribution in [2.75, 3.05) is 27.2 Å². The third kappa shape index (κ3) is 52.1. The molecule has 0 aromatic rings. The van der Waals surface area contributed by atoms with Crippen LogP contribution in [0.3, 0.4) is 0 Å². The molecule has 0 aliphatic rings. The molecule has 0 bridgehead atoms. The van der Waals surface area contributed by atoms with E-state index >= 15 is 0 Å². The normalized spacial score (nSPS) is 6.67. The first-order chi connectivity index (χ1) is 3.83. The van der Waals surface area contributed by atoms with Crippen molar-refractivity contribution in [1.29, 1.82) is 0 Å². The molecule has 0 fully saturated rings. The molecule has 56 valence electrons. The van der Waals surface area contributed by atoms with Gasteiger partial charge in [-0.1, -0.05) is 13.8 Å². The maximum atomic E-state index is 2.93. The molecule has 3 heteroatoms. The van der Waals surface area contributed by atoms with E-state index in [4.69, 9.17) is 0 Å². The second-order valence-corrected chi connectivity index (χ2v) is 1.41. The Morgan fingerprint density at radius 3 is 1.00 bits per heavy atom. The minimum Gasteiger partial charge on any atom is -0.320 e. The Balaban J connectivity index is -0.0000000720. The van der Waals surface area contributed by atoms with Gasteiger partial charge in [0.05, 0.1) is 0 Å². The van der Waals surface area contributed by atoms with Crippen LogP contribution in [0.1, 0.15) is 13.8 Å². The predicted octanol–water partition coefficient (Wildman–Crippen LogP) is 0.449. The molecule has 9 heavy (non-hydrogen) atoms. The van der Waals surface area contributed by atoms with E-state index in [9.17, 15) is 0 Å². The van der Waals surface area contributed by atoms with Crippen molar-refractivity contribution in [3.8, 4) is 0 Å². The van der Waals surface area contributed by atoms with E-state index in [0.717, 1.165) is 13.1 Å². The van der Waals surface area contributed by atoms with Gasteiger partial charge in [0.25, 0.3) is 0 Å². The van der Waals surface area contributed by atoms with Crippen molar-refractivity contribution < 1.29 is 25.8 Å². The topological polar surface area (TPSA) is 24.1 Å².